The van der Waals surface area contributed by atoms with Crippen LogP contribution in [0.3, 0.4) is 0 Å². The first-order valence-electron chi connectivity index (χ1n) is 11.3. The van der Waals surface area contributed by atoms with Crippen molar-refractivity contribution < 1.29 is 9.26 Å². The van der Waals surface area contributed by atoms with Crippen LogP contribution in [-0.2, 0) is 6.54 Å². The van der Waals surface area contributed by atoms with E-state index in [2.05, 4.69) is 57.4 Å². The van der Waals surface area contributed by atoms with Crippen molar-refractivity contribution in [2.24, 2.45) is 11.8 Å². The fourth-order valence-corrected chi connectivity index (χ4v) is 4.92. The first kappa shape index (κ1) is 21.5. The van der Waals surface area contributed by atoms with Gasteiger partial charge in [0, 0.05) is 18.0 Å². The number of hydrogen-bond acceptors (Lipinski definition) is 7. The van der Waals surface area contributed by atoms with Crippen LogP contribution in [0.1, 0.15) is 44.9 Å². The van der Waals surface area contributed by atoms with Gasteiger partial charge in [0.2, 0.25) is 5.89 Å². The van der Waals surface area contributed by atoms with E-state index in [1.165, 1.54) is 30.6 Å². The number of nitrogens with zero attached hydrogens (tertiary/aromatic N) is 4. The molecule has 30 heavy (non-hydrogen) atoms. The first-order valence-corrected chi connectivity index (χ1v) is 12.5. The largest absolute Gasteiger partial charge is 0.494 e. The van der Waals surface area contributed by atoms with Gasteiger partial charge in [-0.05, 0) is 92.7 Å². The van der Waals surface area contributed by atoms with Crippen molar-refractivity contribution in [2.75, 3.05) is 43.9 Å². The van der Waals surface area contributed by atoms with E-state index in [1.54, 1.807) is 11.8 Å². The summed E-state index contributed by atoms with van der Waals surface area (Å²) in [5, 5.41) is 4.24. The van der Waals surface area contributed by atoms with Gasteiger partial charge in [0.1, 0.15) is 5.75 Å². The number of rotatable bonds is 9. The minimum Gasteiger partial charge on any atom is -0.494 e. The van der Waals surface area contributed by atoms with E-state index in [0.717, 1.165) is 69.3 Å². The normalized spacial score (nSPS) is 19.3. The first-order chi connectivity index (χ1) is 14.7. The smallest absolute Gasteiger partial charge is 0.266 e. The fourth-order valence-electron chi connectivity index (χ4n) is 4.51. The Morgan fingerprint density at radius 2 is 1.87 bits per heavy atom. The molecular weight excluding hydrogens is 396 g/mol. The van der Waals surface area contributed by atoms with Gasteiger partial charge in [-0.3, -0.25) is 4.90 Å². The van der Waals surface area contributed by atoms with Crippen LogP contribution < -0.4 is 9.64 Å². The maximum atomic E-state index is 5.96. The molecule has 1 aromatic carbocycles. The van der Waals surface area contributed by atoms with Crippen molar-refractivity contribution in [2.45, 2.75) is 50.5 Å². The summed E-state index contributed by atoms with van der Waals surface area (Å²) in [5.41, 5.74) is 0. The second kappa shape index (κ2) is 10.5. The lowest BCUT2D eigenvalue weighted by atomic mass is 9.84. The van der Waals surface area contributed by atoms with Gasteiger partial charge in [0.15, 0.2) is 0 Å². The van der Waals surface area contributed by atoms with Crippen molar-refractivity contribution in [3.8, 4) is 5.75 Å². The molecule has 7 heteroatoms. The summed E-state index contributed by atoms with van der Waals surface area (Å²) in [6.07, 6.45) is 8.11. The molecule has 0 unspecified atom stereocenters. The van der Waals surface area contributed by atoms with Gasteiger partial charge < -0.3 is 14.2 Å². The molecule has 1 atom stereocenters. The number of benzene rings is 1. The lowest BCUT2D eigenvalue weighted by Crippen LogP contribution is -2.36. The second-order valence-corrected chi connectivity index (χ2v) is 9.47. The molecule has 164 valence electrons. The van der Waals surface area contributed by atoms with Crippen LogP contribution in [0.2, 0.25) is 0 Å². The third-order valence-corrected chi connectivity index (χ3v) is 7.29. The van der Waals surface area contributed by atoms with E-state index < -0.39 is 0 Å². The Morgan fingerprint density at radius 1 is 1.13 bits per heavy atom. The summed E-state index contributed by atoms with van der Waals surface area (Å²) >= 11 is 1.76. The van der Waals surface area contributed by atoms with Crippen LogP contribution in [0.5, 0.6) is 5.75 Å². The van der Waals surface area contributed by atoms with Crippen molar-refractivity contribution in [3.63, 3.8) is 0 Å². The predicted octanol–water partition coefficient (Wildman–Crippen LogP) is 4.71. The summed E-state index contributed by atoms with van der Waals surface area (Å²) < 4.78 is 11.5. The maximum Gasteiger partial charge on any atom is 0.266 e. The zero-order valence-electron chi connectivity index (χ0n) is 18.3. The van der Waals surface area contributed by atoms with E-state index in [-0.39, 0.29) is 0 Å². The molecule has 3 heterocycles. The number of hydrogen-bond donors (Lipinski definition) is 0. The highest BCUT2D eigenvalue weighted by molar-refractivity contribution is 7.98. The Labute approximate surface area is 184 Å². The number of anilines is 1. The van der Waals surface area contributed by atoms with Gasteiger partial charge in [-0.2, -0.15) is 4.98 Å². The Hall–Kier alpha value is -1.73. The van der Waals surface area contributed by atoms with Gasteiger partial charge in [-0.15, -0.1) is 11.8 Å². The molecule has 0 aliphatic carbocycles. The fraction of sp³-hybridized carbons (Fsp3) is 0.652. The van der Waals surface area contributed by atoms with Gasteiger partial charge >= 0.3 is 0 Å². The zero-order chi connectivity index (χ0) is 20.8. The standard InChI is InChI=1S/C23H34N4O2S/c1-18(11-16-28-20-5-7-21(30-2)8-6-20)19-9-14-27(15-10-19)23-24-22(29-25-23)17-26-12-3-4-13-26/h5-8,18-19H,3-4,9-17H2,1-2H3/t18-/m1/s1. The van der Waals surface area contributed by atoms with Crippen molar-refractivity contribution in [3.05, 3.63) is 30.2 Å². The van der Waals surface area contributed by atoms with Gasteiger partial charge in [-0.25, -0.2) is 0 Å². The number of thioether (sulfide) groups is 1. The topological polar surface area (TPSA) is 54.6 Å². The van der Waals surface area contributed by atoms with Crippen molar-refractivity contribution in [1.29, 1.82) is 0 Å². The van der Waals surface area contributed by atoms with E-state index in [4.69, 9.17) is 9.26 Å². The Bertz CT molecular complexity index is 768. The zero-order valence-corrected chi connectivity index (χ0v) is 19.1. The van der Waals surface area contributed by atoms with Crippen LogP contribution >= 0.6 is 11.8 Å². The molecule has 6 nitrogen and oxygen atoms in total. The highest BCUT2D eigenvalue weighted by atomic mass is 32.2. The Morgan fingerprint density at radius 3 is 2.57 bits per heavy atom. The molecule has 1 aromatic heterocycles. The average molecular weight is 431 g/mol. The van der Waals surface area contributed by atoms with Crippen LogP contribution in [-0.4, -0.2) is 54.1 Å². The average Bonchev–Trinajstić information content (AvgIpc) is 3.47. The molecule has 2 fully saturated rings. The lowest BCUT2D eigenvalue weighted by molar-refractivity contribution is 0.222. The van der Waals surface area contributed by atoms with E-state index in [9.17, 15) is 0 Å². The van der Waals surface area contributed by atoms with Crippen molar-refractivity contribution in [1.82, 2.24) is 15.0 Å². The Balaban J connectivity index is 1.17. The molecule has 0 radical (unpaired) electrons. The third kappa shape index (κ3) is 5.70. The van der Waals surface area contributed by atoms with Gasteiger partial charge in [0.05, 0.1) is 13.2 Å². The minimum absolute atomic E-state index is 0.661. The van der Waals surface area contributed by atoms with Crippen LogP contribution in [0, 0.1) is 11.8 Å². The molecular formula is C23H34N4O2S. The molecule has 2 aromatic rings. The molecule has 0 saturated carbocycles. The summed E-state index contributed by atoms with van der Waals surface area (Å²) in [5.74, 6) is 3.89. The maximum absolute atomic E-state index is 5.96. The van der Waals surface area contributed by atoms with Crippen LogP contribution in [0.15, 0.2) is 33.7 Å². The monoisotopic (exact) mass is 430 g/mol. The van der Waals surface area contributed by atoms with E-state index in [1.807, 2.05) is 0 Å². The minimum atomic E-state index is 0.661. The number of likely N-dealkylation sites (tertiary alicyclic amines) is 1. The molecule has 4 rings (SSSR count). The molecule has 2 saturated heterocycles. The Kier molecular flexibility index (Phi) is 7.55. The number of piperidine rings is 1. The molecule has 0 amide bonds. The molecule has 0 N–H and O–H groups in total. The summed E-state index contributed by atoms with van der Waals surface area (Å²) in [7, 11) is 0. The summed E-state index contributed by atoms with van der Waals surface area (Å²) in [6, 6.07) is 8.37. The summed E-state index contributed by atoms with van der Waals surface area (Å²) in [6.45, 7) is 8.25. The van der Waals surface area contributed by atoms with Crippen molar-refractivity contribution >= 4 is 17.7 Å². The highest BCUT2D eigenvalue weighted by Crippen LogP contribution is 2.29. The predicted molar refractivity (Wildman–Crippen MR) is 121 cm³/mol. The molecule has 0 spiro atoms. The number of aromatic nitrogens is 2. The van der Waals surface area contributed by atoms with Gasteiger partial charge in [-0.1, -0.05) is 6.92 Å². The third-order valence-electron chi connectivity index (χ3n) is 6.54. The number of ether oxygens (including phenoxy) is 1. The van der Waals surface area contributed by atoms with Crippen LogP contribution in [0.25, 0.3) is 0 Å². The quantitative estimate of drug-likeness (QED) is 0.534. The van der Waals surface area contributed by atoms with Crippen LogP contribution in [0.4, 0.5) is 5.95 Å². The molecule has 2 aliphatic heterocycles. The second-order valence-electron chi connectivity index (χ2n) is 8.59. The highest BCUT2D eigenvalue weighted by Gasteiger charge is 2.26. The van der Waals surface area contributed by atoms with Gasteiger partial charge in [0.25, 0.3) is 5.95 Å². The SMILES string of the molecule is CSc1ccc(OCC[C@@H](C)C2CCN(c3noc(CN4CCCC4)n3)CC2)cc1. The molecule has 0 bridgehead atoms. The lowest BCUT2D eigenvalue weighted by Gasteiger charge is -2.34. The van der Waals surface area contributed by atoms with E-state index in [0.29, 0.717) is 5.92 Å². The molecule has 2 aliphatic rings. The summed E-state index contributed by atoms with van der Waals surface area (Å²) in [4.78, 5) is 10.6. The van der Waals surface area contributed by atoms with E-state index >= 15 is 0 Å².